The molecule has 0 fully saturated rings. The molecule has 1 aromatic rings. The normalized spacial score (nSPS) is 17.0. The molecule has 0 heterocycles. The first-order chi connectivity index (χ1) is 7.16. The molecule has 1 aromatic carbocycles. The third kappa shape index (κ3) is 1.26. The van der Waals surface area contributed by atoms with Crippen molar-refractivity contribution in [3.63, 3.8) is 0 Å². The molecule has 0 atom stereocenters. The zero-order chi connectivity index (χ0) is 11.0. The second-order valence-corrected chi connectivity index (χ2v) is 3.45. The zero-order valence-electron chi connectivity index (χ0n) is 8.10. The lowest BCUT2D eigenvalue weighted by molar-refractivity contribution is 0.0880. The third-order valence-electron chi connectivity index (χ3n) is 2.56. The molecular formula is C11H9NO3. The first kappa shape index (κ1) is 9.58. The minimum Gasteiger partial charge on any atom is -0.411 e. The van der Waals surface area contributed by atoms with Crippen molar-refractivity contribution in [2.45, 2.75) is 6.92 Å². The molecule has 0 unspecified atom stereocenters. The van der Waals surface area contributed by atoms with Crippen LogP contribution in [-0.2, 0) is 0 Å². The average Bonchev–Trinajstić information content (AvgIpc) is 2.52. The zero-order valence-corrected chi connectivity index (χ0v) is 8.10. The molecule has 0 amide bonds. The highest BCUT2D eigenvalue weighted by molar-refractivity contribution is 6.36. The van der Waals surface area contributed by atoms with Gasteiger partial charge >= 0.3 is 0 Å². The van der Waals surface area contributed by atoms with Crippen molar-refractivity contribution < 1.29 is 14.8 Å². The van der Waals surface area contributed by atoms with E-state index >= 15 is 0 Å². The fraction of sp³-hybridized carbons (Fsp3) is 0.182. The molecule has 0 bridgehead atoms. The lowest BCUT2D eigenvalue weighted by Crippen LogP contribution is -2.23. The number of Topliss-reactive ketones (excluding diaryl/α,β-unsaturated/α-hetero) is 2. The van der Waals surface area contributed by atoms with Crippen LogP contribution in [0.5, 0.6) is 0 Å². The van der Waals surface area contributed by atoms with Crippen molar-refractivity contribution in [1.29, 1.82) is 0 Å². The minimum atomic E-state index is -0.938. The van der Waals surface area contributed by atoms with Crippen molar-refractivity contribution >= 4 is 17.3 Å². The van der Waals surface area contributed by atoms with Crippen molar-refractivity contribution in [3.8, 4) is 0 Å². The Morgan fingerprint density at radius 2 is 1.67 bits per heavy atom. The van der Waals surface area contributed by atoms with Crippen molar-refractivity contribution in [3.05, 3.63) is 35.4 Å². The molecule has 15 heavy (non-hydrogen) atoms. The first-order valence-electron chi connectivity index (χ1n) is 4.53. The largest absolute Gasteiger partial charge is 0.411 e. The average molecular weight is 203 g/mol. The van der Waals surface area contributed by atoms with Crippen LogP contribution in [0, 0.1) is 5.92 Å². The number of benzene rings is 1. The highest BCUT2D eigenvalue weighted by Crippen LogP contribution is 2.27. The Morgan fingerprint density at radius 3 is 2.07 bits per heavy atom. The molecule has 4 heteroatoms. The van der Waals surface area contributed by atoms with E-state index in [4.69, 9.17) is 5.21 Å². The van der Waals surface area contributed by atoms with E-state index in [9.17, 15) is 9.59 Å². The summed E-state index contributed by atoms with van der Waals surface area (Å²) in [6.07, 6.45) is 0. The number of hydrogen-bond donors (Lipinski definition) is 1. The summed E-state index contributed by atoms with van der Waals surface area (Å²) in [5, 5.41) is 11.5. The van der Waals surface area contributed by atoms with Gasteiger partial charge in [0.15, 0.2) is 11.6 Å². The number of ketones is 2. The molecule has 0 saturated heterocycles. The first-order valence-corrected chi connectivity index (χ1v) is 4.53. The van der Waals surface area contributed by atoms with Gasteiger partial charge in [-0.15, -0.1) is 0 Å². The summed E-state index contributed by atoms with van der Waals surface area (Å²) in [4.78, 5) is 23.6. The van der Waals surface area contributed by atoms with Crippen LogP contribution in [-0.4, -0.2) is 22.5 Å². The van der Waals surface area contributed by atoms with Gasteiger partial charge in [-0.3, -0.25) is 9.59 Å². The molecule has 0 radical (unpaired) electrons. The van der Waals surface area contributed by atoms with E-state index in [-0.39, 0.29) is 17.3 Å². The Balaban J connectivity index is 2.55. The number of carbonyl (C=O) groups is 2. The van der Waals surface area contributed by atoms with Gasteiger partial charge in [-0.05, 0) is 6.92 Å². The number of nitrogens with zero attached hydrogens (tertiary/aromatic N) is 1. The van der Waals surface area contributed by atoms with Crippen molar-refractivity contribution in [2.24, 2.45) is 11.1 Å². The molecule has 1 aliphatic rings. The highest BCUT2D eigenvalue weighted by Gasteiger charge is 2.40. The quantitative estimate of drug-likeness (QED) is 0.326. The second-order valence-electron chi connectivity index (χ2n) is 3.45. The van der Waals surface area contributed by atoms with Gasteiger partial charge in [0.2, 0.25) is 0 Å². The summed E-state index contributed by atoms with van der Waals surface area (Å²) >= 11 is 0. The Labute approximate surface area is 86.2 Å². The van der Waals surface area contributed by atoms with Gasteiger partial charge < -0.3 is 5.21 Å². The lowest BCUT2D eigenvalue weighted by Gasteiger charge is -2.02. The Hall–Kier alpha value is -1.97. The predicted molar refractivity (Wildman–Crippen MR) is 53.5 cm³/mol. The molecule has 0 spiro atoms. The number of rotatable bonds is 1. The molecule has 0 aliphatic heterocycles. The second kappa shape index (κ2) is 3.31. The number of hydrogen-bond acceptors (Lipinski definition) is 4. The van der Waals surface area contributed by atoms with E-state index in [1.165, 1.54) is 6.92 Å². The van der Waals surface area contributed by atoms with E-state index < -0.39 is 5.92 Å². The fourth-order valence-electron chi connectivity index (χ4n) is 1.78. The third-order valence-corrected chi connectivity index (χ3v) is 2.56. The van der Waals surface area contributed by atoms with Crippen molar-refractivity contribution in [1.82, 2.24) is 0 Å². The molecule has 1 N–H and O–H groups in total. The highest BCUT2D eigenvalue weighted by atomic mass is 16.4. The Kier molecular flexibility index (Phi) is 2.11. The summed E-state index contributed by atoms with van der Waals surface area (Å²) in [5.41, 5.74) is 0.965. The van der Waals surface area contributed by atoms with Crippen molar-refractivity contribution in [2.75, 3.05) is 0 Å². The van der Waals surface area contributed by atoms with Crippen LogP contribution >= 0.6 is 0 Å². The maximum Gasteiger partial charge on any atom is 0.180 e. The van der Waals surface area contributed by atoms with Crippen LogP contribution in [0.2, 0.25) is 0 Å². The van der Waals surface area contributed by atoms with Gasteiger partial charge in [0.05, 0.1) is 5.71 Å². The van der Waals surface area contributed by atoms with Gasteiger partial charge in [0.1, 0.15) is 5.92 Å². The minimum absolute atomic E-state index is 0.140. The maximum absolute atomic E-state index is 11.8. The van der Waals surface area contributed by atoms with E-state index in [0.717, 1.165) is 0 Å². The maximum atomic E-state index is 11.8. The number of carbonyl (C=O) groups excluding carboxylic acids is 2. The van der Waals surface area contributed by atoms with Crippen LogP contribution in [0.4, 0.5) is 0 Å². The van der Waals surface area contributed by atoms with Gasteiger partial charge in [0, 0.05) is 11.1 Å². The molecule has 0 aromatic heterocycles. The van der Waals surface area contributed by atoms with Crippen LogP contribution in [0.15, 0.2) is 29.4 Å². The van der Waals surface area contributed by atoms with Crippen LogP contribution in [0.3, 0.4) is 0 Å². The van der Waals surface area contributed by atoms with Crippen LogP contribution < -0.4 is 0 Å². The molecule has 1 aliphatic carbocycles. The summed E-state index contributed by atoms with van der Waals surface area (Å²) in [6.45, 7) is 1.46. The summed E-state index contributed by atoms with van der Waals surface area (Å²) in [6, 6.07) is 6.63. The summed E-state index contributed by atoms with van der Waals surface area (Å²) in [7, 11) is 0. The Bertz CT molecular complexity index is 441. The number of oxime groups is 1. The van der Waals surface area contributed by atoms with E-state index in [1.807, 2.05) is 0 Å². The summed E-state index contributed by atoms with van der Waals surface area (Å²) in [5.74, 6) is -1.51. The predicted octanol–water partition coefficient (Wildman–Crippen LogP) is 1.53. The van der Waals surface area contributed by atoms with E-state index in [1.54, 1.807) is 24.3 Å². The smallest absolute Gasteiger partial charge is 0.180 e. The molecule has 76 valence electrons. The van der Waals surface area contributed by atoms with Gasteiger partial charge in [-0.25, -0.2) is 0 Å². The van der Waals surface area contributed by atoms with Crippen LogP contribution in [0.25, 0.3) is 0 Å². The van der Waals surface area contributed by atoms with Crippen LogP contribution in [0.1, 0.15) is 27.6 Å². The number of fused-ring (bicyclic) bond motifs is 1. The standard InChI is InChI=1S/C11H9NO3/c1-6(12-15)9-10(13)7-4-2-3-5-8(7)11(9)14/h2-5,9,15H,1H3/b12-6-. The van der Waals surface area contributed by atoms with Gasteiger partial charge in [0.25, 0.3) is 0 Å². The van der Waals surface area contributed by atoms with Gasteiger partial charge in [-0.1, -0.05) is 29.4 Å². The van der Waals surface area contributed by atoms with E-state index in [0.29, 0.717) is 11.1 Å². The lowest BCUT2D eigenvalue weighted by atomic mass is 9.99. The molecule has 2 rings (SSSR count). The monoisotopic (exact) mass is 203 g/mol. The summed E-state index contributed by atoms with van der Waals surface area (Å²) < 4.78 is 0. The SMILES string of the molecule is C/C(=N/O)C1C(=O)c2ccccc2C1=O. The fourth-order valence-corrected chi connectivity index (χ4v) is 1.78. The topological polar surface area (TPSA) is 66.7 Å². The Morgan fingerprint density at radius 1 is 1.20 bits per heavy atom. The van der Waals surface area contributed by atoms with Gasteiger partial charge in [-0.2, -0.15) is 0 Å². The van der Waals surface area contributed by atoms with E-state index in [2.05, 4.69) is 5.16 Å². The molecule has 4 nitrogen and oxygen atoms in total. The molecule has 0 saturated carbocycles. The molecular weight excluding hydrogens is 194 g/mol.